The third-order valence-corrected chi connectivity index (χ3v) is 9.28. The normalized spacial score (nSPS) is 18.0. The van der Waals surface area contributed by atoms with E-state index in [0.29, 0.717) is 17.2 Å². The van der Waals surface area contributed by atoms with Gasteiger partial charge in [-0.2, -0.15) is 0 Å². The molecule has 0 aliphatic carbocycles. The molecule has 1 atom stereocenters. The van der Waals surface area contributed by atoms with Crippen molar-refractivity contribution < 1.29 is 14.3 Å². The van der Waals surface area contributed by atoms with Gasteiger partial charge < -0.3 is 19.3 Å². The van der Waals surface area contributed by atoms with E-state index < -0.39 is 0 Å². The maximum Gasteiger partial charge on any atom is 0.196 e. The Morgan fingerprint density at radius 2 is 1.69 bits per heavy atom. The van der Waals surface area contributed by atoms with Crippen LogP contribution < -0.4 is 14.4 Å². The number of hydrogen-bond donors (Lipinski definition) is 0. The summed E-state index contributed by atoms with van der Waals surface area (Å²) in [5.74, 6) is 2.53. The van der Waals surface area contributed by atoms with E-state index in [2.05, 4.69) is 9.80 Å². The summed E-state index contributed by atoms with van der Waals surface area (Å²) in [6, 6.07) is 18.3. The van der Waals surface area contributed by atoms with Crippen LogP contribution in [0.5, 0.6) is 11.5 Å². The molecule has 2 aromatic heterocycles. The van der Waals surface area contributed by atoms with Crippen LogP contribution in [0, 0.1) is 0 Å². The van der Waals surface area contributed by atoms with Crippen LogP contribution in [0.3, 0.4) is 0 Å². The number of anilines is 1. The van der Waals surface area contributed by atoms with Crippen LogP contribution in [0.25, 0.3) is 20.5 Å². The predicted molar refractivity (Wildman–Crippen MR) is 159 cm³/mol. The number of rotatable bonds is 8. The van der Waals surface area contributed by atoms with Crippen molar-refractivity contribution in [3.8, 4) is 21.9 Å². The Kier molecular flexibility index (Phi) is 7.53. The number of aromatic nitrogens is 1. The van der Waals surface area contributed by atoms with Crippen molar-refractivity contribution in [1.82, 2.24) is 9.88 Å². The Labute approximate surface area is 234 Å². The highest BCUT2D eigenvalue weighted by Gasteiger charge is 2.28. The summed E-state index contributed by atoms with van der Waals surface area (Å²) < 4.78 is 11.8. The number of pyridine rings is 1. The SMILES string of the molecule is COc1ccc(-c2sc3cc(OC)ccc3c2C(=O)c2ccc(N3CCCC3CN3CCCCC3)nc2)cc1. The van der Waals surface area contributed by atoms with E-state index in [4.69, 9.17) is 14.5 Å². The van der Waals surface area contributed by atoms with Crippen LogP contribution in [0.15, 0.2) is 60.8 Å². The van der Waals surface area contributed by atoms with Crippen LogP contribution in [-0.4, -0.2) is 62.1 Å². The van der Waals surface area contributed by atoms with Crippen molar-refractivity contribution in [2.24, 2.45) is 0 Å². The topological polar surface area (TPSA) is 54.9 Å². The van der Waals surface area contributed by atoms with E-state index in [9.17, 15) is 4.79 Å². The molecule has 0 spiro atoms. The minimum atomic E-state index is -0.0115. The Bertz CT molecular complexity index is 1440. The lowest BCUT2D eigenvalue weighted by atomic mass is 9.98. The maximum atomic E-state index is 14.0. The van der Waals surface area contributed by atoms with Gasteiger partial charge in [0, 0.05) is 51.4 Å². The molecule has 7 heteroatoms. The minimum Gasteiger partial charge on any atom is -0.497 e. The third-order valence-electron chi connectivity index (χ3n) is 8.08. The van der Waals surface area contributed by atoms with Crippen molar-refractivity contribution in [2.45, 2.75) is 38.1 Å². The van der Waals surface area contributed by atoms with Gasteiger partial charge in [-0.25, -0.2) is 4.98 Å². The molecule has 0 saturated carbocycles. The second kappa shape index (κ2) is 11.4. The number of carbonyl (C=O) groups is 1. The Balaban J connectivity index is 1.30. The summed E-state index contributed by atoms with van der Waals surface area (Å²) in [4.78, 5) is 24.9. The van der Waals surface area contributed by atoms with Crippen LogP contribution in [0.4, 0.5) is 5.82 Å². The first-order valence-corrected chi connectivity index (χ1v) is 14.7. The zero-order chi connectivity index (χ0) is 26.8. The molecule has 0 N–H and O–H groups in total. The number of nitrogens with zero attached hydrogens (tertiary/aromatic N) is 3. The molecule has 6 nitrogen and oxygen atoms in total. The average Bonchev–Trinajstić information content (AvgIpc) is 3.61. The van der Waals surface area contributed by atoms with Gasteiger partial charge in [0.05, 0.1) is 14.2 Å². The Morgan fingerprint density at radius 3 is 2.41 bits per heavy atom. The second-order valence-electron chi connectivity index (χ2n) is 10.5. The Morgan fingerprint density at radius 1 is 0.923 bits per heavy atom. The molecule has 4 aromatic rings. The quantitative estimate of drug-likeness (QED) is 0.232. The van der Waals surface area contributed by atoms with Gasteiger partial charge in [-0.15, -0.1) is 11.3 Å². The van der Waals surface area contributed by atoms with Crippen molar-refractivity contribution in [3.63, 3.8) is 0 Å². The molecule has 2 aromatic carbocycles. The highest BCUT2D eigenvalue weighted by molar-refractivity contribution is 7.22. The monoisotopic (exact) mass is 541 g/mol. The molecule has 0 radical (unpaired) electrons. The number of methoxy groups -OCH3 is 2. The first-order chi connectivity index (χ1) is 19.1. The summed E-state index contributed by atoms with van der Waals surface area (Å²) >= 11 is 1.61. The maximum absolute atomic E-state index is 14.0. The van der Waals surface area contributed by atoms with Gasteiger partial charge in [0.2, 0.25) is 0 Å². The first kappa shape index (κ1) is 25.8. The number of hydrogen-bond acceptors (Lipinski definition) is 7. The molecule has 2 aliphatic heterocycles. The van der Waals surface area contributed by atoms with E-state index in [-0.39, 0.29) is 5.78 Å². The molecule has 202 valence electrons. The number of ether oxygens (including phenoxy) is 2. The van der Waals surface area contributed by atoms with Gasteiger partial charge in [-0.05, 0) is 98.9 Å². The molecule has 2 aliphatic rings. The molecule has 2 fully saturated rings. The molecule has 6 rings (SSSR count). The fourth-order valence-electron chi connectivity index (χ4n) is 5.98. The zero-order valence-electron chi connectivity index (χ0n) is 22.7. The summed E-state index contributed by atoms with van der Waals surface area (Å²) in [6.07, 6.45) is 8.13. The smallest absolute Gasteiger partial charge is 0.196 e. The van der Waals surface area contributed by atoms with Gasteiger partial charge in [0.1, 0.15) is 17.3 Å². The molecule has 39 heavy (non-hydrogen) atoms. The van der Waals surface area contributed by atoms with Crippen molar-refractivity contribution in [1.29, 1.82) is 0 Å². The minimum absolute atomic E-state index is 0.0115. The number of benzene rings is 2. The lowest BCUT2D eigenvalue weighted by molar-refractivity contribution is 0.104. The molecule has 0 amide bonds. The van der Waals surface area contributed by atoms with Crippen LogP contribution >= 0.6 is 11.3 Å². The van der Waals surface area contributed by atoms with Crippen molar-refractivity contribution in [2.75, 3.05) is 45.3 Å². The summed E-state index contributed by atoms with van der Waals surface area (Å²) in [6.45, 7) is 4.56. The summed E-state index contributed by atoms with van der Waals surface area (Å²) in [5.41, 5.74) is 2.30. The van der Waals surface area contributed by atoms with Crippen LogP contribution in [0.1, 0.15) is 48.0 Å². The average molecular weight is 542 g/mol. The van der Waals surface area contributed by atoms with E-state index >= 15 is 0 Å². The highest BCUT2D eigenvalue weighted by atomic mass is 32.1. The lowest BCUT2D eigenvalue weighted by Crippen LogP contribution is -2.42. The molecule has 1 unspecified atom stereocenters. The molecule has 4 heterocycles. The number of ketones is 1. The van der Waals surface area contributed by atoms with Crippen molar-refractivity contribution in [3.05, 3.63) is 71.9 Å². The van der Waals surface area contributed by atoms with Gasteiger partial charge >= 0.3 is 0 Å². The molecular formula is C32H35N3O3S. The van der Waals surface area contributed by atoms with Crippen molar-refractivity contribution >= 4 is 33.0 Å². The van der Waals surface area contributed by atoms with Gasteiger partial charge in [-0.3, -0.25) is 4.79 Å². The zero-order valence-corrected chi connectivity index (χ0v) is 23.5. The second-order valence-corrected chi connectivity index (χ2v) is 11.5. The Hall–Kier alpha value is -3.42. The third kappa shape index (κ3) is 5.25. The lowest BCUT2D eigenvalue weighted by Gasteiger charge is -2.33. The highest BCUT2D eigenvalue weighted by Crippen LogP contribution is 2.41. The predicted octanol–water partition coefficient (Wildman–Crippen LogP) is 6.67. The number of likely N-dealkylation sites (tertiary alicyclic amines) is 1. The standard InChI is InChI=1S/C32H35N3O3S/c1-37-25-11-8-22(9-12-25)32-30(27-14-13-26(38-2)19-28(27)39-32)31(36)23-10-15-29(33-20-23)35-18-6-7-24(35)21-34-16-4-3-5-17-34/h8-15,19-20,24H,3-7,16-18,21H2,1-2H3. The summed E-state index contributed by atoms with van der Waals surface area (Å²) in [5, 5.41) is 0.932. The molecule has 0 bridgehead atoms. The van der Waals surface area contributed by atoms with E-state index in [0.717, 1.165) is 50.9 Å². The van der Waals surface area contributed by atoms with E-state index in [1.165, 1.54) is 45.2 Å². The van der Waals surface area contributed by atoms with Crippen LogP contribution in [-0.2, 0) is 0 Å². The van der Waals surface area contributed by atoms with Gasteiger partial charge in [0.25, 0.3) is 0 Å². The number of carbonyl (C=O) groups excluding carboxylic acids is 1. The largest absolute Gasteiger partial charge is 0.497 e. The van der Waals surface area contributed by atoms with Gasteiger partial charge in [0.15, 0.2) is 5.78 Å². The fraction of sp³-hybridized carbons (Fsp3) is 0.375. The fourth-order valence-corrected chi connectivity index (χ4v) is 7.21. The van der Waals surface area contributed by atoms with E-state index in [1.54, 1.807) is 31.8 Å². The molecular weight excluding hydrogens is 506 g/mol. The first-order valence-electron chi connectivity index (χ1n) is 13.9. The van der Waals surface area contributed by atoms with Crippen LogP contribution in [0.2, 0.25) is 0 Å². The van der Waals surface area contributed by atoms with Gasteiger partial charge in [-0.1, -0.05) is 6.42 Å². The number of thiophene rings is 1. The number of fused-ring (bicyclic) bond motifs is 1. The molecule has 2 saturated heterocycles. The number of piperidine rings is 1. The van der Waals surface area contributed by atoms with E-state index in [1.807, 2.05) is 54.6 Å². The summed E-state index contributed by atoms with van der Waals surface area (Å²) in [7, 11) is 3.32.